The van der Waals surface area contributed by atoms with Crippen molar-refractivity contribution in [2.75, 3.05) is 6.61 Å². The van der Waals surface area contributed by atoms with Gasteiger partial charge in [-0.3, -0.25) is 0 Å². The van der Waals surface area contributed by atoms with Gasteiger partial charge in [-0.25, -0.2) is 8.78 Å². The Labute approximate surface area is 127 Å². The van der Waals surface area contributed by atoms with Crippen molar-refractivity contribution in [3.63, 3.8) is 0 Å². The largest absolute Gasteiger partial charge is 0.394 e. The van der Waals surface area contributed by atoms with E-state index in [-0.39, 0.29) is 18.2 Å². The monoisotopic (exact) mass is 311 g/mol. The smallest absolute Gasteiger partial charge is 0.128 e. The Hall–Kier alpha value is -1.49. The molecule has 0 heterocycles. The van der Waals surface area contributed by atoms with Crippen LogP contribution in [0.5, 0.6) is 0 Å². The summed E-state index contributed by atoms with van der Waals surface area (Å²) in [5.74, 6) is -0.976. The van der Waals surface area contributed by atoms with Gasteiger partial charge in [0.1, 0.15) is 11.6 Å². The minimum atomic E-state index is -0.493. The molecular weight excluding hydrogens is 296 g/mol. The summed E-state index contributed by atoms with van der Waals surface area (Å²) in [4.78, 5) is 0. The van der Waals surface area contributed by atoms with Crippen LogP contribution in [0.25, 0.3) is 0 Å². The second-order valence-corrected chi connectivity index (χ2v) is 5.28. The number of nitrogens with one attached hydrogen (secondary N) is 1. The van der Waals surface area contributed by atoms with Gasteiger partial charge >= 0.3 is 0 Å². The van der Waals surface area contributed by atoms with Crippen LogP contribution < -0.4 is 5.32 Å². The molecule has 2 aromatic carbocycles. The quantitative estimate of drug-likeness (QED) is 0.874. The molecule has 21 heavy (non-hydrogen) atoms. The van der Waals surface area contributed by atoms with Gasteiger partial charge < -0.3 is 10.4 Å². The first-order valence-corrected chi connectivity index (χ1v) is 6.96. The molecule has 2 rings (SSSR count). The first-order chi connectivity index (χ1) is 10.0. The van der Waals surface area contributed by atoms with Gasteiger partial charge in [-0.05, 0) is 42.8 Å². The summed E-state index contributed by atoms with van der Waals surface area (Å²) >= 11 is 5.83. The second kappa shape index (κ2) is 6.98. The van der Waals surface area contributed by atoms with E-state index in [4.69, 9.17) is 11.6 Å². The van der Waals surface area contributed by atoms with Crippen LogP contribution in [-0.4, -0.2) is 11.7 Å². The lowest BCUT2D eigenvalue weighted by Crippen LogP contribution is -2.28. The highest BCUT2D eigenvalue weighted by Crippen LogP contribution is 2.23. The van der Waals surface area contributed by atoms with Crippen LogP contribution in [0.1, 0.15) is 30.1 Å². The van der Waals surface area contributed by atoms with Gasteiger partial charge in [0.15, 0.2) is 0 Å². The molecule has 0 saturated heterocycles. The van der Waals surface area contributed by atoms with E-state index in [2.05, 4.69) is 5.32 Å². The van der Waals surface area contributed by atoms with Gasteiger partial charge in [0.2, 0.25) is 0 Å². The van der Waals surface area contributed by atoms with Gasteiger partial charge in [-0.1, -0.05) is 23.7 Å². The van der Waals surface area contributed by atoms with Crippen molar-refractivity contribution in [1.29, 1.82) is 0 Å². The Kier molecular flexibility index (Phi) is 5.28. The molecule has 2 N–H and O–H groups in total. The first-order valence-electron chi connectivity index (χ1n) is 6.58. The van der Waals surface area contributed by atoms with Crippen molar-refractivity contribution in [3.05, 3.63) is 70.2 Å². The van der Waals surface area contributed by atoms with Gasteiger partial charge in [0.05, 0.1) is 12.6 Å². The van der Waals surface area contributed by atoms with E-state index in [9.17, 15) is 13.9 Å². The standard InChI is InChI=1S/C16H16ClF2NO/c1-10(14-8-13(18)6-7-15(14)19)20-16(9-21)11-2-4-12(17)5-3-11/h2-8,10,16,20-21H,9H2,1H3. The van der Waals surface area contributed by atoms with Gasteiger partial charge in [-0.15, -0.1) is 0 Å². The number of hydrogen-bond acceptors (Lipinski definition) is 2. The van der Waals surface area contributed by atoms with Crippen LogP contribution in [0.4, 0.5) is 8.78 Å². The number of hydrogen-bond donors (Lipinski definition) is 2. The van der Waals surface area contributed by atoms with E-state index in [0.29, 0.717) is 5.02 Å². The van der Waals surface area contributed by atoms with Crippen LogP contribution in [0.15, 0.2) is 42.5 Å². The number of halogens is 3. The maximum Gasteiger partial charge on any atom is 0.128 e. The molecule has 112 valence electrons. The number of rotatable bonds is 5. The highest BCUT2D eigenvalue weighted by Gasteiger charge is 2.17. The van der Waals surface area contributed by atoms with Crippen LogP contribution >= 0.6 is 11.6 Å². The molecule has 0 saturated carbocycles. The molecule has 0 spiro atoms. The van der Waals surface area contributed by atoms with Crippen molar-refractivity contribution < 1.29 is 13.9 Å². The Balaban J connectivity index is 2.17. The third-order valence-corrected chi connectivity index (χ3v) is 3.58. The van der Waals surface area contributed by atoms with Crippen molar-refractivity contribution in [2.45, 2.75) is 19.0 Å². The van der Waals surface area contributed by atoms with E-state index in [0.717, 1.165) is 23.8 Å². The third-order valence-electron chi connectivity index (χ3n) is 3.33. The molecule has 2 aromatic rings. The average Bonchev–Trinajstić information content (AvgIpc) is 2.48. The Bertz CT molecular complexity index is 604. The molecule has 0 aliphatic rings. The zero-order chi connectivity index (χ0) is 15.4. The number of aliphatic hydroxyl groups is 1. The summed E-state index contributed by atoms with van der Waals surface area (Å²) in [6, 6.07) is 9.49. The third kappa shape index (κ3) is 4.00. The van der Waals surface area contributed by atoms with Crippen LogP contribution in [0.3, 0.4) is 0 Å². The Morgan fingerprint density at radius 2 is 1.81 bits per heavy atom. The minimum absolute atomic E-state index is 0.164. The average molecular weight is 312 g/mol. The minimum Gasteiger partial charge on any atom is -0.394 e. The molecule has 0 aliphatic carbocycles. The second-order valence-electron chi connectivity index (χ2n) is 4.84. The molecule has 5 heteroatoms. The molecule has 0 bridgehead atoms. The van der Waals surface area contributed by atoms with Crippen LogP contribution in [0, 0.1) is 11.6 Å². The topological polar surface area (TPSA) is 32.3 Å². The van der Waals surface area contributed by atoms with Crippen molar-refractivity contribution in [1.82, 2.24) is 5.32 Å². The first kappa shape index (κ1) is 15.9. The van der Waals surface area contributed by atoms with E-state index in [1.807, 2.05) is 0 Å². The lowest BCUT2D eigenvalue weighted by molar-refractivity contribution is 0.234. The molecule has 0 amide bonds. The normalized spacial score (nSPS) is 14.0. The van der Waals surface area contributed by atoms with E-state index >= 15 is 0 Å². The highest BCUT2D eigenvalue weighted by molar-refractivity contribution is 6.30. The maximum atomic E-state index is 13.7. The predicted octanol–water partition coefficient (Wildman–Crippen LogP) is 4.00. The summed E-state index contributed by atoms with van der Waals surface area (Å²) in [5, 5.41) is 13.2. The SMILES string of the molecule is CC(NC(CO)c1ccc(Cl)cc1)c1cc(F)ccc1F. The van der Waals surface area contributed by atoms with Crippen molar-refractivity contribution in [3.8, 4) is 0 Å². The molecule has 2 nitrogen and oxygen atoms in total. The lowest BCUT2D eigenvalue weighted by atomic mass is 10.0. The number of aliphatic hydroxyl groups excluding tert-OH is 1. The molecule has 0 radical (unpaired) electrons. The molecule has 2 atom stereocenters. The van der Waals surface area contributed by atoms with Gasteiger partial charge in [0, 0.05) is 16.6 Å². The Morgan fingerprint density at radius 1 is 1.14 bits per heavy atom. The van der Waals surface area contributed by atoms with Crippen LogP contribution in [-0.2, 0) is 0 Å². The van der Waals surface area contributed by atoms with Gasteiger partial charge in [0.25, 0.3) is 0 Å². The van der Waals surface area contributed by atoms with E-state index < -0.39 is 17.7 Å². The maximum absolute atomic E-state index is 13.7. The summed E-state index contributed by atoms with van der Waals surface area (Å²) in [7, 11) is 0. The fourth-order valence-corrected chi connectivity index (χ4v) is 2.31. The van der Waals surface area contributed by atoms with E-state index in [1.165, 1.54) is 0 Å². The zero-order valence-electron chi connectivity index (χ0n) is 11.5. The Morgan fingerprint density at radius 3 is 2.43 bits per heavy atom. The predicted molar refractivity (Wildman–Crippen MR) is 79.2 cm³/mol. The van der Waals surface area contributed by atoms with E-state index in [1.54, 1.807) is 31.2 Å². The zero-order valence-corrected chi connectivity index (χ0v) is 12.2. The molecule has 0 aliphatic heterocycles. The van der Waals surface area contributed by atoms with Crippen LogP contribution in [0.2, 0.25) is 5.02 Å². The summed E-state index contributed by atoms with van der Waals surface area (Å²) in [5.41, 5.74) is 1.05. The fraction of sp³-hybridized carbons (Fsp3) is 0.250. The number of benzene rings is 2. The summed E-state index contributed by atoms with van der Waals surface area (Å²) in [6.45, 7) is 1.55. The summed E-state index contributed by atoms with van der Waals surface area (Å²) < 4.78 is 27.0. The fourth-order valence-electron chi connectivity index (χ4n) is 2.19. The highest BCUT2D eigenvalue weighted by atomic mass is 35.5. The molecule has 0 fully saturated rings. The summed E-state index contributed by atoms with van der Waals surface area (Å²) in [6.07, 6.45) is 0. The van der Waals surface area contributed by atoms with Gasteiger partial charge in [-0.2, -0.15) is 0 Å². The molecular formula is C16H16ClF2NO. The molecule has 0 aromatic heterocycles. The lowest BCUT2D eigenvalue weighted by Gasteiger charge is -2.23. The van der Waals surface area contributed by atoms with Crippen molar-refractivity contribution in [2.24, 2.45) is 0 Å². The van der Waals surface area contributed by atoms with Crippen molar-refractivity contribution >= 4 is 11.6 Å². The molecule has 2 unspecified atom stereocenters.